The van der Waals surface area contributed by atoms with Crippen molar-refractivity contribution >= 4 is 21.6 Å². The predicted octanol–water partition coefficient (Wildman–Crippen LogP) is 3.20. The smallest absolute Gasteiger partial charge is 0.258 e. The first-order valence-electron chi connectivity index (χ1n) is 9.23. The fourth-order valence-corrected chi connectivity index (χ4v) is 3.30. The van der Waals surface area contributed by atoms with Crippen LogP contribution in [-0.2, 0) is 26.8 Å². The van der Waals surface area contributed by atoms with Crippen molar-refractivity contribution in [3.63, 3.8) is 0 Å². The molecule has 2 aromatic carbocycles. The molecule has 164 valence electrons. The van der Waals surface area contributed by atoms with Crippen molar-refractivity contribution in [2.45, 2.75) is 32.7 Å². The Morgan fingerprint density at radius 3 is 2.40 bits per heavy atom. The lowest BCUT2D eigenvalue weighted by Gasteiger charge is -2.22. The molecule has 0 bridgehead atoms. The van der Waals surface area contributed by atoms with Crippen molar-refractivity contribution in [2.24, 2.45) is 0 Å². The van der Waals surface area contributed by atoms with E-state index in [1.165, 1.54) is 12.1 Å². The van der Waals surface area contributed by atoms with Crippen LogP contribution in [0.5, 0.6) is 11.5 Å². The molecule has 0 saturated carbocycles. The van der Waals surface area contributed by atoms with Crippen LogP contribution in [0.25, 0.3) is 0 Å². The van der Waals surface area contributed by atoms with E-state index in [1.807, 2.05) is 6.07 Å². The molecule has 0 atom stereocenters. The third kappa shape index (κ3) is 6.91. The van der Waals surface area contributed by atoms with E-state index in [9.17, 15) is 17.6 Å². The number of carbonyl (C=O) groups excluding carboxylic acids is 1. The second-order valence-electron chi connectivity index (χ2n) is 7.87. The van der Waals surface area contributed by atoms with Gasteiger partial charge in [-0.15, -0.1) is 0 Å². The van der Waals surface area contributed by atoms with Gasteiger partial charge in [-0.05, 0) is 34.7 Å². The summed E-state index contributed by atoms with van der Waals surface area (Å²) in [6, 6.07) is 9.40. The van der Waals surface area contributed by atoms with Crippen LogP contribution < -0.4 is 19.5 Å². The number of sulfonamides is 1. The fraction of sp³-hybridized carbons (Fsp3) is 0.381. The number of ether oxygens (including phenoxy) is 2. The monoisotopic (exact) mass is 438 g/mol. The lowest BCUT2D eigenvalue weighted by atomic mass is 9.86. The quantitative estimate of drug-likeness (QED) is 0.660. The highest BCUT2D eigenvalue weighted by Gasteiger charge is 2.19. The zero-order valence-electron chi connectivity index (χ0n) is 17.7. The molecule has 7 nitrogen and oxygen atoms in total. The molecule has 2 aromatic rings. The van der Waals surface area contributed by atoms with Crippen LogP contribution in [0.15, 0.2) is 36.4 Å². The zero-order chi connectivity index (χ0) is 22.5. The lowest BCUT2D eigenvalue weighted by molar-refractivity contribution is -0.123. The van der Waals surface area contributed by atoms with Crippen molar-refractivity contribution in [2.75, 3.05) is 24.7 Å². The molecule has 9 heteroatoms. The summed E-state index contributed by atoms with van der Waals surface area (Å²) in [6.45, 7) is 6.08. The van der Waals surface area contributed by atoms with Gasteiger partial charge in [0.2, 0.25) is 10.0 Å². The van der Waals surface area contributed by atoms with Crippen molar-refractivity contribution in [1.29, 1.82) is 0 Å². The van der Waals surface area contributed by atoms with E-state index >= 15 is 0 Å². The average Bonchev–Trinajstić information content (AvgIpc) is 2.64. The van der Waals surface area contributed by atoms with Crippen molar-refractivity contribution in [3.8, 4) is 11.5 Å². The van der Waals surface area contributed by atoms with E-state index in [0.717, 1.165) is 17.9 Å². The number of halogens is 1. The number of hydrogen-bond donors (Lipinski definition) is 2. The van der Waals surface area contributed by atoms with Gasteiger partial charge in [0.05, 0.1) is 19.1 Å². The summed E-state index contributed by atoms with van der Waals surface area (Å²) in [6.07, 6.45) is 0.937. The van der Waals surface area contributed by atoms with Crippen LogP contribution in [0.2, 0.25) is 0 Å². The Labute approximate surface area is 176 Å². The van der Waals surface area contributed by atoms with Gasteiger partial charge in [-0.2, -0.15) is 0 Å². The molecule has 0 heterocycles. The van der Waals surface area contributed by atoms with Gasteiger partial charge in [-0.1, -0.05) is 32.9 Å². The van der Waals surface area contributed by atoms with Gasteiger partial charge in [0.15, 0.2) is 6.61 Å². The number of methoxy groups -OCH3 is 1. The normalized spacial score (nSPS) is 11.7. The van der Waals surface area contributed by atoms with Crippen LogP contribution in [0.1, 0.15) is 31.9 Å². The second-order valence-corrected chi connectivity index (χ2v) is 9.61. The Bertz CT molecular complexity index is 1020. The van der Waals surface area contributed by atoms with Gasteiger partial charge in [0.25, 0.3) is 5.91 Å². The second kappa shape index (κ2) is 9.34. The Morgan fingerprint density at radius 1 is 1.13 bits per heavy atom. The molecule has 0 aliphatic carbocycles. The van der Waals surface area contributed by atoms with Crippen LogP contribution in [0.3, 0.4) is 0 Å². The summed E-state index contributed by atoms with van der Waals surface area (Å²) in [5, 5.41) is 2.63. The van der Waals surface area contributed by atoms with E-state index < -0.39 is 15.8 Å². The Hall–Kier alpha value is -2.81. The lowest BCUT2D eigenvalue weighted by Crippen LogP contribution is -2.28. The highest BCUT2D eigenvalue weighted by molar-refractivity contribution is 7.92. The summed E-state index contributed by atoms with van der Waals surface area (Å²) in [5.41, 5.74) is 1.26. The minimum Gasteiger partial charge on any atom is -0.496 e. The first-order chi connectivity index (χ1) is 13.9. The Morgan fingerprint density at radius 2 is 1.83 bits per heavy atom. The SMILES string of the molecule is COc1cc(OCC(=O)NCc2ccc(NS(C)(=O)=O)c(F)c2)ccc1C(C)(C)C. The maximum absolute atomic E-state index is 14.0. The molecule has 0 aromatic heterocycles. The maximum atomic E-state index is 14.0. The summed E-state index contributed by atoms with van der Waals surface area (Å²) in [5.74, 6) is 0.0676. The minimum absolute atomic E-state index is 0.0740. The van der Waals surface area contributed by atoms with Crippen molar-refractivity contribution < 1.29 is 27.1 Å². The molecular formula is C21H27FN2O5S. The van der Waals surface area contributed by atoms with Gasteiger partial charge in [-0.25, -0.2) is 12.8 Å². The molecule has 0 radical (unpaired) electrons. The van der Waals surface area contributed by atoms with Crippen LogP contribution in [-0.4, -0.2) is 34.3 Å². The molecule has 0 saturated heterocycles. The van der Waals surface area contributed by atoms with Crippen LogP contribution in [0, 0.1) is 5.82 Å². The Kier molecular flexibility index (Phi) is 7.30. The number of benzene rings is 2. The summed E-state index contributed by atoms with van der Waals surface area (Å²) in [4.78, 5) is 12.1. The average molecular weight is 439 g/mol. The largest absolute Gasteiger partial charge is 0.496 e. The van der Waals surface area contributed by atoms with Crippen LogP contribution in [0.4, 0.5) is 10.1 Å². The number of rotatable bonds is 8. The Balaban J connectivity index is 1.92. The molecule has 2 rings (SSSR count). The fourth-order valence-electron chi connectivity index (χ4n) is 2.73. The van der Waals surface area contributed by atoms with Gasteiger partial charge >= 0.3 is 0 Å². The molecule has 0 aliphatic heterocycles. The van der Waals surface area contributed by atoms with E-state index in [4.69, 9.17) is 9.47 Å². The van der Waals surface area contributed by atoms with Gasteiger partial charge in [0.1, 0.15) is 17.3 Å². The molecule has 0 unspecified atom stereocenters. The molecule has 1 amide bonds. The molecule has 2 N–H and O–H groups in total. The summed E-state index contributed by atoms with van der Waals surface area (Å²) >= 11 is 0. The number of amides is 1. The first-order valence-corrected chi connectivity index (χ1v) is 11.1. The highest BCUT2D eigenvalue weighted by atomic mass is 32.2. The first kappa shape index (κ1) is 23.5. The zero-order valence-corrected chi connectivity index (χ0v) is 18.5. The standard InChI is InChI=1S/C21H27FN2O5S/c1-21(2,3)16-8-7-15(11-19(16)28-4)29-13-20(25)23-12-14-6-9-18(17(22)10-14)24-30(5,26)27/h6-11,24H,12-13H2,1-5H3,(H,23,25). The van der Waals surface area contributed by atoms with E-state index in [1.54, 1.807) is 19.2 Å². The minimum atomic E-state index is -3.57. The molecule has 0 fully saturated rings. The molecular weight excluding hydrogens is 411 g/mol. The van der Waals surface area contributed by atoms with E-state index in [0.29, 0.717) is 17.1 Å². The third-order valence-corrected chi connectivity index (χ3v) is 4.76. The van der Waals surface area contributed by atoms with E-state index in [2.05, 4.69) is 30.8 Å². The summed E-state index contributed by atoms with van der Waals surface area (Å²) in [7, 11) is -1.99. The highest BCUT2D eigenvalue weighted by Crippen LogP contribution is 2.33. The van der Waals surface area contributed by atoms with Gasteiger partial charge < -0.3 is 14.8 Å². The van der Waals surface area contributed by atoms with Gasteiger partial charge in [0, 0.05) is 12.6 Å². The third-order valence-electron chi connectivity index (χ3n) is 4.17. The number of anilines is 1. The molecule has 0 aliphatic rings. The molecule has 30 heavy (non-hydrogen) atoms. The number of hydrogen-bond acceptors (Lipinski definition) is 5. The predicted molar refractivity (Wildman–Crippen MR) is 114 cm³/mol. The molecule has 0 spiro atoms. The maximum Gasteiger partial charge on any atom is 0.258 e. The van der Waals surface area contributed by atoms with Crippen LogP contribution >= 0.6 is 0 Å². The van der Waals surface area contributed by atoms with Crippen molar-refractivity contribution in [1.82, 2.24) is 5.32 Å². The number of carbonyl (C=O) groups is 1. The van der Waals surface area contributed by atoms with Gasteiger partial charge in [-0.3, -0.25) is 9.52 Å². The summed E-state index contributed by atoms with van der Waals surface area (Å²) < 4.78 is 49.4. The topological polar surface area (TPSA) is 93.7 Å². The van der Waals surface area contributed by atoms with Crippen molar-refractivity contribution in [3.05, 3.63) is 53.3 Å². The number of nitrogens with one attached hydrogen (secondary N) is 2. The van der Waals surface area contributed by atoms with E-state index in [-0.39, 0.29) is 30.2 Å².